The number of thiocarbonyl (C=S) groups is 1. The molecule has 0 spiro atoms. The minimum Gasteiger partial charge on any atom is -0.478 e. The van der Waals surface area contributed by atoms with Crippen molar-refractivity contribution in [3.05, 3.63) is 120 Å². The van der Waals surface area contributed by atoms with Gasteiger partial charge < -0.3 is 21.1 Å². The Morgan fingerprint density at radius 2 is 1.31 bits per heavy atom. The maximum absolute atomic E-state index is 13.4. The Morgan fingerprint density at radius 3 is 1.92 bits per heavy atom. The van der Waals surface area contributed by atoms with Crippen LogP contribution in [0.3, 0.4) is 0 Å². The summed E-state index contributed by atoms with van der Waals surface area (Å²) in [6.07, 6.45) is 0. The Labute approximate surface area is 235 Å². The first-order valence-corrected chi connectivity index (χ1v) is 13.2. The van der Waals surface area contributed by atoms with E-state index in [1.165, 1.54) is 30.8 Å². The summed E-state index contributed by atoms with van der Waals surface area (Å²) in [6, 6.07) is 30.1. The van der Waals surface area contributed by atoms with Gasteiger partial charge in [-0.3, -0.25) is 9.59 Å². The van der Waals surface area contributed by atoms with E-state index in [2.05, 4.69) is 16.0 Å². The molecule has 1 unspecified atom stereocenters. The summed E-state index contributed by atoms with van der Waals surface area (Å²) >= 11 is 6.84. The molecule has 196 valence electrons. The normalized spacial score (nSPS) is 11.2. The number of aromatic carboxylic acids is 1. The highest BCUT2D eigenvalue weighted by molar-refractivity contribution is 8.00. The van der Waals surface area contributed by atoms with Crippen LogP contribution in [-0.2, 0) is 4.79 Å². The summed E-state index contributed by atoms with van der Waals surface area (Å²) in [5, 5.41) is 18.1. The van der Waals surface area contributed by atoms with Crippen LogP contribution in [0.25, 0.3) is 0 Å². The molecular weight excluding hydrogens is 530 g/mol. The molecule has 1 amide bonds. The highest BCUT2D eigenvalue weighted by atomic mass is 32.2. The molecule has 7 nitrogen and oxygen atoms in total. The van der Waals surface area contributed by atoms with Crippen molar-refractivity contribution in [2.75, 3.05) is 16.0 Å². The molecule has 0 aliphatic heterocycles. The second-order valence-electron chi connectivity index (χ2n) is 8.52. The predicted octanol–water partition coefficient (Wildman–Crippen LogP) is 6.87. The number of amides is 1. The van der Waals surface area contributed by atoms with Crippen LogP contribution in [0, 0.1) is 0 Å². The van der Waals surface area contributed by atoms with Crippen molar-refractivity contribution < 1.29 is 19.5 Å². The lowest BCUT2D eigenvalue weighted by Gasteiger charge is -2.18. The van der Waals surface area contributed by atoms with Gasteiger partial charge in [0.1, 0.15) is 5.25 Å². The number of carbonyl (C=O) groups is 3. The first-order valence-electron chi connectivity index (χ1n) is 11.9. The fraction of sp³-hybridized carbons (Fsp3) is 0.0667. The number of Topliss-reactive ketones (excluding diaryl/α,β-unsaturated/α-hetero) is 1. The molecule has 0 heterocycles. The monoisotopic (exact) mass is 555 g/mol. The highest BCUT2D eigenvalue weighted by Gasteiger charge is 2.22. The Morgan fingerprint density at radius 1 is 0.718 bits per heavy atom. The molecule has 0 saturated heterocycles. The van der Waals surface area contributed by atoms with Crippen molar-refractivity contribution >= 4 is 63.8 Å². The summed E-state index contributed by atoms with van der Waals surface area (Å²) in [4.78, 5) is 36.8. The van der Waals surface area contributed by atoms with Gasteiger partial charge in [-0.2, -0.15) is 0 Å². The minimum atomic E-state index is -1.03. The van der Waals surface area contributed by atoms with Gasteiger partial charge in [-0.15, -0.1) is 11.8 Å². The van der Waals surface area contributed by atoms with Gasteiger partial charge >= 0.3 is 5.97 Å². The van der Waals surface area contributed by atoms with E-state index in [-0.39, 0.29) is 17.3 Å². The molecular formula is C30H25N3O4S2. The number of thioether (sulfide) groups is 1. The standard InChI is InChI=1S/C30H25N3O4S2/c1-19(34)20-10-14-24(15-11-20)32-30(38)33-25-8-5-9-26(18-25)39-27(21-6-3-2-4-7-21)28(35)31-23-16-12-22(13-17-23)29(36)37/h2-18,27H,1H3,(H,31,35)(H,36,37)(H2,32,33,38). The van der Waals surface area contributed by atoms with E-state index in [0.717, 1.165) is 21.8 Å². The molecule has 4 aromatic carbocycles. The zero-order valence-corrected chi connectivity index (χ0v) is 22.5. The van der Waals surface area contributed by atoms with Crippen LogP contribution in [0.15, 0.2) is 108 Å². The fourth-order valence-electron chi connectivity index (χ4n) is 3.67. The highest BCUT2D eigenvalue weighted by Crippen LogP contribution is 2.37. The van der Waals surface area contributed by atoms with Crippen molar-refractivity contribution in [1.29, 1.82) is 0 Å². The van der Waals surface area contributed by atoms with E-state index in [1.54, 1.807) is 36.4 Å². The number of hydrogen-bond acceptors (Lipinski definition) is 5. The first-order chi connectivity index (χ1) is 18.8. The van der Waals surface area contributed by atoms with Gasteiger partial charge in [0.15, 0.2) is 10.9 Å². The van der Waals surface area contributed by atoms with E-state index in [4.69, 9.17) is 17.3 Å². The Balaban J connectivity index is 1.46. The number of benzene rings is 4. The van der Waals surface area contributed by atoms with Crippen molar-refractivity contribution in [3.63, 3.8) is 0 Å². The molecule has 9 heteroatoms. The summed E-state index contributed by atoms with van der Waals surface area (Å²) in [7, 11) is 0. The molecule has 4 N–H and O–H groups in total. The first kappa shape index (κ1) is 27.6. The Bertz CT molecular complexity index is 1490. The van der Waals surface area contributed by atoms with Gasteiger partial charge in [-0.05, 0) is 91.4 Å². The number of ketones is 1. The largest absolute Gasteiger partial charge is 0.478 e. The second kappa shape index (κ2) is 12.9. The molecule has 0 aliphatic carbocycles. The molecule has 4 rings (SSSR count). The number of nitrogens with one attached hydrogen (secondary N) is 3. The lowest BCUT2D eigenvalue weighted by Crippen LogP contribution is -2.19. The van der Waals surface area contributed by atoms with Crippen LogP contribution in [0.4, 0.5) is 17.1 Å². The van der Waals surface area contributed by atoms with E-state index in [0.29, 0.717) is 16.4 Å². The summed E-state index contributed by atoms with van der Waals surface area (Å²) in [5.74, 6) is -1.27. The summed E-state index contributed by atoms with van der Waals surface area (Å²) in [5.41, 5.74) is 3.60. The number of rotatable bonds is 9. The summed E-state index contributed by atoms with van der Waals surface area (Å²) in [6.45, 7) is 1.52. The molecule has 0 aromatic heterocycles. The van der Waals surface area contributed by atoms with Crippen LogP contribution in [-0.4, -0.2) is 27.9 Å². The number of carboxylic acids is 1. The third-order valence-corrected chi connectivity index (χ3v) is 7.09. The van der Waals surface area contributed by atoms with E-state index < -0.39 is 11.2 Å². The lowest BCUT2D eigenvalue weighted by molar-refractivity contribution is -0.115. The number of carboxylic acid groups (broad SMARTS) is 1. The zero-order chi connectivity index (χ0) is 27.8. The molecule has 1 atom stereocenters. The molecule has 0 saturated carbocycles. The van der Waals surface area contributed by atoms with E-state index in [9.17, 15) is 14.4 Å². The quantitative estimate of drug-likeness (QED) is 0.101. The third-order valence-electron chi connectivity index (χ3n) is 5.63. The van der Waals surface area contributed by atoms with Gasteiger partial charge in [0, 0.05) is 27.5 Å². The van der Waals surface area contributed by atoms with Crippen LogP contribution < -0.4 is 16.0 Å². The minimum absolute atomic E-state index is 0.00449. The van der Waals surface area contributed by atoms with Crippen LogP contribution >= 0.6 is 24.0 Å². The second-order valence-corrected chi connectivity index (χ2v) is 10.1. The van der Waals surface area contributed by atoms with Crippen molar-refractivity contribution in [3.8, 4) is 0 Å². The van der Waals surface area contributed by atoms with Gasteiger partial charge in [0.05, 0.1) is 5.56 Å². The molecule has 39 heavy (non-hydrogen) atoms. The van der Waals surface area contributed by atoms with Crippen molar-refractivity contribution in [1.82, 2.24) is 0 Å². The molecule has 0 fully saturated rings. The van der Waals surface area contributed by atoms with Gasteiger partial charge in [0.25, 0.3) is 0 Å². The topological polar surface area (TPSA) is 108 Å². The van der Waals surface area contributed by atoms with Crippen molar-refractivity contribution in [2.24, 2.45) is 0 Å². The lowest BCUT2D eigenvalue weighted by atomic mass is 10.1. The number of carbonyl (C=O) groups excluding carboxylic acids is 2. The van der Waals surface area contributed by atoms with Gasteiger partial charge in [-0.1, -0.05) is 36.4 Å². The smallest absolute Gasteiger partial charge is 0.335 e. The van der Waals surface area contributed by atoms with Crippen LogP contribution in [0.1, 0.15) is 38.5 Å². The fourth-order valence-corrected chi connectivity index (χ4v) is 4.99. The maximum Gasteiger partial charge on any atom is 0.335 e. The van der Waals surface area contributed by atoms with Gasteiger partial charge in [0.2, 0.25) is 5.91 Å². The number of anilines is 3. The molecule has 4 aromatic rings. The molecule has 0 bridgehead atoms. The van der Waals surface area contributed by atoms with Gasteiger partial charge in [-0.25, -0.2) is 4.79 Å². The molecule has 0 radical (unpaired) electrons. The van der Waals surface area contributed by atoms with Crippen LogP contribution in [0.2, 0.25) is 0 Å². The number of hydrogen-bond donors (Lipinski definition) is 4. The Hall–Kier alpha value is -4.47. The Kier molecular flexibility index (Phi) is 9.09. The molecule has 0 aliphatic rings. The maximum atomic E-state index is 13.4. The zero-order valence-electron chi connectivity index (χ0n) is 20.9. The summed E-state index contributed by atoms with van der Waals surface area (Å²) < 4.78 is 0. The third kappa shape index (κ3) is 7.76. The van der Waals surface area contributed by atoms with E-state index in [1.807, 2.05) is 54.6 Å². The average molecular weight is 556 g/mol. The predicted molar refractivity (Wildman–Crippen MR) is 160 cm³/mol. The van der Waals surface area contributed by atoms with Crippen LogP contribution in [0.5, 0.6) is 0 Å². The van der Waals surface area contributed by atoms with E-state index >= 15 is 0 Å². The average Bonchev–Trinajstić information content (AvgIpc) is 2.93. The van der Waals surface area contributed by atoms with Crippen molar-refractivity contribution in [2.45, 2.75) is 17.1 Å². The SMILES string of the molecule is CC(=O)c1ccc(NC(=S)Nc2cccc(SC(C(=O)Nc3ccc(C(=O)O)cc3)c3ccccc3)c2)cc1.